The van der Waals surface area contributed by atoms with Gasteiger partial charge in [0.2, 0.25) is 5.91 Å². The number of halogens is 4. The molecule has 5 rings (SSSR count). The molecular formula is C32H31F4N5O. The summed E-state index contributed by atoms with van der Waals surface area (Å²) in [4.78, 5) is 17.0. The van der Waals surface area contributed by atoms with Crippen LogP contribution in [0.3, 0.4) is 0 Å². The number of amides is 1. The summed E-state index contributed by atoms with van der Waals surface area (Å²) in [5.41, 5.74) is 3.90. The molecular weight excluding hydrogens is 546 g/mol. The van der Waals surface area contributed by atoms with E-state index in [2.05, 4.69) is 28.5 Å². The third-order valence-corrected chi connectivity index (χ3v) is 7.15. The van der Waals surface area contributed by atoms with Crippen LogP contribution >= 0.6 is 0 Å². The zero-order valence-electron chi connectivity index (χ0n) is 23.4. The fraction of sp³-hybridized carbons (Fsp3) is 0.281. The topological polar surface area (TPSA) is 54.3 Å². The molecule has 0 bridgehead atoms. The molecule has 0 saturated heterocycles. The van der Waals surface area contributed by atoms with E-state index in [0.29, 0.717) is 30.9 Å². The van der Waals surface area contributed by atoms with Crippen molar-refractivity contribution in [2.24, 2.45) is 0 Å². The Balaban J connectivity index is 1.39. The molecule has 0 saturated carbocycles. The second-order valence-corrected chi connectivity index (χ2v) is 10.7. The number of alkyl halides is 3. The van der Waals surface area contributed by atoms with Crippen molar-refractivity contribution in [1.29, 1.82) is 0 Å². The maximum atomic E-state index is 14.0. The zero-order valence-corrected chi connectivity index (χ0v) is 23.4. The van der Waals surface area contributed by atoms with Gasteiger partial charge in [0, 0.05) is 19.6 Å². The number of hydrogen-bond acceptors (Lipinski definition) is 4. The number of benzene rings is 3. The lowest BCUT2D eigenvalue weighted by molar-refractivity contribution is -0.141. The first kappa shape index (κ1) is 29.2. The molecule has 0 radical (unpaired) electrons. The lowest BCUT2D eigenvalue weighted by atomic mass is 9.96. The van der Waals surface area contributed by atoms with Gasteiger partial charge in [0.25, 0.3) is 0 Å². The van der Waals surface area contributed by atoms with Crippen LogP contribution in [0.4, 0.5) is 17.6 Å². The van der Waals surface area contributed by atoms with E-state index in [1.165, 1.54) is 47.4 Å². The Morgan fingerprint density at radius 2 is 1.62 bits per heavy atom. The van der Waals surface area contributed by atoms with E-state index in [-0.39, 0.29) is 24.6 Å². The van der Waals surface area contributed by atoms with Gasteiger partial charge in [0.15, 0.2) is 0 Å². The minimum Gasteiger partial charge on any atom is -0.327 e. The van der Waals surface area contributed by atoms with E-state index in [4.69, 9.17) is 0 Å². The fourth-order valence-electron chi connectivity index (χ4n) is 5.39. The summed E-state index contributed by atoms with van der Waals surface area (Å²) >= 11 is 0. The first-order valence-corrected chi connectivity index (χ1v) is 13.6. The highest BCUT2D eigenvalue weighted by molar-refractivity contribution is 5.79. The van der Waals surface area contributed by atoms with Crippen LogP contribution in [0, 0.1) is 19.7 Å². The van der Waals surface area contributed by atoms with Gasteiger partial charge in [-0.2, -0.15) is 13.2 Å². The van der Waals surface area contributed by atoms with E-state index in [9.17, 15) is 22.4 Å². The Bertz CT molecular complexity index is 1560. The average Bonchev–Trinajstić information content (AvgIpc) is 3.35. The molecule has 10 heteroatoms. The van der Waals surface area contributed by atoms with E-state index in [1.807, 2.05) is 24.9 Å². The standard InChI is InChI=1S/C32H31F4N5O/c1-22-14-23(2)16-25(15-22)17-40-20-27(37-38-40)19-39-13-5-8-30(28-6-3-4-7-29(28)32(34,35)36)41(31(42)21-39)18-24-9-11-26(33)12-10-24/h3-12,14-16,20,30H,13,17-19,21H2,1-2H3/b8-5-. The van der Waals surface area contributed by atoms with Crippen LogP contribution < -0.4 is 0 Å². The van der Waals surface area contributed by atoms with E-state index in [0.717, 1.165) is 22.8 Å². The van der Waals surface area contributed by atoms with Gasteiger partial charge in [-0.1, -0.05) is 77.0 Å². The summed E-state index contributed by atoms with van der Waals surface area (Å²) in [5.74, 6) is -0.790. The van der Waals surface area contributed by atoms with E-state index >= 15 is 0 Å². The van der Waals surface area contributed by atoms with Crippen molar-refractivity contribution in [3.8, 4) is 0 Å². The van der Waals surface area contributed by atoms with Gasteiger partial charge < -0.3 is 4.90 Å². The molecule has 1 unspecified atom stereocenters. The van der Waals surface area contributed by atoms with Gasteiger partial charge in [0.1, 0.15) is 5.82 Å². The van der Waals surface area contributed by atoms with Gasteiger partial charge in [0.05, 0.1) is 36.6 Å². The average molecular weight is 578 g/mol. The molecule has 1 aromatic heterocycles. The van der Waals surface area contributed by atoms with Gasteiger partial charge in [-0.25, -0.2) is 9.07 Å². The molecule has 3 aromatic carbocycles. The summed E-state index contributed by atoms with van der Waals surface area (Å²) in [6.07, 6.45) is 0.659. The summed E-state index contributed by atoms with van der Waals surface area (Å²) in [7, 11) is 0. The number of aryl methyl sites for hydroxylation is 2. The molecule has 1 amide bonds. The Hall–Kier alpha value is -4.31. The Morgan fingerprint density at radius 3 is 2.33 bits per heavy atom. The van der Waals surface area contributed by atoms with Crippen LogP contribution in [-0.2, 0) is 30.6 Å². The molecule has 1 atom stereocenters. The molecule has 2 heterocycles. The number of rotatable bonds is 7. The quantitative estimate of drug-likeness (QED) is 0.193. The van der Waals surface area contributed by atoms with E-state index < -0.39 is 23.6 Å². The predicted octanol–water partition coefficient (Wildman–Crippen LogP) is 6.24. The van der Waals surface area contributed by atoms with E-state index in [1.54, 1.807) is 16.8 Å². The lowest BCUT2D eigenvalue weighted by Gasteiger charge is -2.35. The summed E-state index contributed by atoms with van der Waals surface area (Å²) in [6.45, 7) is 5.28. The largest absolute Gasteiger partial charge is 0.416 e. The third-order valence-electron chi connectivity index (χ3n) is 7.15. The highest BCUT2D eigenvalue weighted by Gasteiger charge is 2.37. The highest BCUT2D eigenvalue weighted by atomic mass is 19.4. The van der Waals surface area contributed by atoms with Crippen LogP contribution in [0.25, 0.3) is 0 Å². The van der Waals surface area contributed by atoms with Crippen LogP contribution in [0.15, 0.2) is 85.1 Å². The molecule has 0 aliphatic carbocycles. The van der Waals surface area contributed by atoms with Crippen LogP contribution in [0.2, 0.25) is 0 Å². The summed E-state index contributed by atoms with van der Waals surface area (Å²) in [5, 5.41) is 8.54. The van der Waals surface area contributed by atoms with Crippen molar-refractivity contribution in [3.63, 3.8) is 0 Å². The minimum absolute atomic E-state index is 0.0141. The van der Waals surface area contributed by atoms with Gasteiger partial charge in [-0.15, -0.1) is 5.10 Å². The first-order chi connectivity index (χ1) is 20.0. The van der Waals surface area contributed by atoms with Crippen molar-refractivity contribution >= 4 is 5.91 Å². The number of hydrogen-bond donors (Lipinski definition) is 0. The minimum atomic E-state index is -4.59. The highest BCUT2D eigenvalue weighted by Crippen LogP contribution is 2.38. The Labute approximate surface area is 241 Å². The van der Waals surface area contributed by atoms with Gasteiger partial charge >= 0.3 is 6.18 Å². The Kier molecular flexibility index (Phi) is 8.54. The zero-order chi connectivity index (χ0) is 29.9. The van der Waals surface area contributed by atoms with Gasteiger partial charge in [-0.3, -0.25) is 9.69 Å². The molecule has 0 fully saturated rings. The first-order valence-electron chi connectivity index (χ1n) is 13.6. The second-order valence-electron chi connectivity index (χ2n) is 10.7. The van der Waals surface area contributed by atoms with Crippen LogP contribution in [0.5, 0.6) is 0 Å². The Morgan fingerprint density at radius 1 is 0.905 bits per heavy atom. The van der Waals surface area contributed by atoms with Crippen molar-refractivity contribution in [1.82, 2.24) is 24.8 Å². The molecule has 1 aliphatic heterocycles. The van der Waals surface area contributed by atoms with Crippen molar-refractivity contribution < 1.29 is 22.4 Å². The van der Waals surface area contributed by atoms with Gasteiger partial charge in [-0.05, 0) is 48.7 Å². The summed E-state index contributed by atoms with van der Waals surface area (Å²) in [6, 6.07) is 16.2. The fourth-order valence-corrected chi connectivity index (χ4v) is 5.39. The van der Waals surface area contributed by atoms with Crippen molar-refractivity contribution in [3.05, 3.63) is 130 Å². The molecule has 0 N–H and O–H groups in total. The maximum Gasteiger partial charge on any atom is 0.416 e. The SMILES string of the molecule is Cc1cc(C)cc(Cn2cc(CN3C/C=C\C(c4ccccc4C(F)(F)F)N(Cc4ccc(F)cc4)C(=O)C3)nn2)c1. The number of carbonyl (C=O) groups excluding carboxylic acids is 1. The van der Waals surface area contributed by atoms with Crippen LogP contribution in [-0.4, -0.2) is 43.8 Å². The molecule has 218 valence electrons. The van der Waals surface area contributed by atoms with Crippen LogP contribution in [0.1, 0.15) is 45.1 Å². The number of aromatic nitrogens is 3. The third kappa shape index (κ3) is 7.12. The number of nitrogens with zero attached hydrogens (tertiary/aromatic N) is 5. The molecule has 1 aliphatic rings. The molecule has 4 aromatic rings. The normalized spacial score (nSPS) is 17.2. The molecule has 0 spiro atoms. The smallest absolute Gasteiger partial charge is 0.327 e. The second kappa shape index (κ2) is 12.3. The molecule has 6 nitrogen and oxygen atoms in total. The number of carbonyl (C=O) groups is 1. The van der Waals surface area contributed by atoms with Crippen molar-refractivity contribution in [2.45, 2.75) is 45.7 Å². The molecule has 42 heavy (non-hydrogen) atoms. The lowest BCUT2D eigenvalue weighted by Crippen LogP contribution is -2.43. The summed E-state index contributed by atoms with van der Waals surface area (Å²) < 4.78 is 57.2. The predicted molar refractivity (Wildman–Crippen MR) is 151 cm³/mol. The van der Waals surface area contributed by atoms with Crippen molar-refractivity contribution in [2.75, 3.05) is 13.1 Å². The monoisotopic (exact) mass is 577 g/mol. The maximum absolute atomic E-state index is 14.0.